The van der Waals surface area contributed by atoms with Gasteiger partial charge < -0.3 is 42.1 Å². The predicted molar refractivity (Wildman–Crippen MR) is 10.5 cm³/mol. The van der Waals surface area contributed by atoms with E-state index < -0.39 is 0 Å². The van der Waals surface area contributed by atoms with Crippen molar-refractivity contribution in [1.82, 2.24) is 0 Å². The van der Waals surface area contributed by atoms with Crippen molar-refractivity contribution in [2.24, 2.45) is 0 Å². The second kappa shape index (κ2) is 2950. The van der Waals surface area contributed by atoms with E-state index in [-0.39, 0.29) is 21.7 Å². The molecule has 0 atom stereocenters. The van der Waals surface area contributed by atoms with Crippen LogP contribution in [0.5, 0.6) is 0 Å². The van der Waals surface area contributed by atoms with Crippen LogP contribution in [-0.4, -0.2) is 21.0 Å². The summed E-state index contributed by atoms with van der Waals surface area (Å²) in [5.74, 6) is 0. The van der Waals surface area contributed by atoms with E-state index in [2.05, 4.69) is 0 Å². The fraction of sp³-hybridized carbons (Fsp3) is 0. The average Bonchev–Trinajstić information content (AvgIpc) is 2.03. The first-order chi connectivity index (χ1) is 4.00. The largest absolute Gasteiger partial charge is 4.00 e. The zero-order chi connectivity index (χ0) is 8.00. The summed E-state index contributed by atoms with van der Waals surface area (Å²) in [6.45, 7) is 0. The van der Waals surface area contributed by atoms with Gasteiger partial charge in [0.1, 0.15) is 0 Å². The monoisotopic (exact) mass is 180 g/mol. The van der Waals surface area contributed by atoms with Gasteiger partial charge in [-0.3, -0.25) is 0 Å². The third-order valence-corrected chi connectivity index (χ3v) is 0. The zero-order valence-corrected chi connectivity index (χ0v) is 5.48. The van der Waals surface area contributed by atoms with E-state index in [0.29, 0.717) is 0 Å². The third-order valence-electron chi connectivity index (χ3n) is 0. The quantitative estimate of drug-likeness (QED) is 0.163. The average molecular weight is 180 g/mol. The van der Waals surface area contributed by atoms with E-state index in [1.54, 1.807) is 0 Å². The molecule has 0 saturated heterocycles. The summed E-state index contributed by atoms with van der Waals surface area (Å²) in [7, 11) is 0. The van der Waals surface area contributed by atoms with Crippen LogP contribution in [0.2, 0.25) is 0 Å². The van der Waals surface area contributed by atoms with Crippen molar-refractivity contribution in [1.29, 1.82) is 0 Å². The molecule has 0 aromatic rings. The molecule has 0 heterocycles. The molecule has 0 spiro atoms. The molecule has 8 nitrogen and oxygen atoms in total. The molecule has 4 N–H and O–H groups in total. The molecule has 0 bridgehead atoms. The number of hydrogen-bond donors (Lipinski definition) is 4. The molecule has 9 heavy (non-hydrogen) atoms. The summed E-state index contributed by atoms with van der Waals surface area (Å²) in [5.41, 5.74) is 0. The Bertz CT molecular complexity index is 4.53. The standard InChI is InChI=1S/4H2O2.Ti/c4*1-2;/h4*1-2H;/q;;;;+4/p-4. The van der Waals surface area contributed by atoms with Crippen molar-refractivity contribution in [2.75, 3.05) is 0 Å². The van der Waals surface area contributed by atoms with Gasteiger partial charge in [0, 0.05) is 0 Å². The Labute approximate surface area is 64.5 Å². The Hall–Kier alpha value is 0.394. The molecule has 0 aromatic heterocycles. The third kappa shape index (κ3) is 2210. The van der Waals surface area contributed by atoms with Gasteiger partial charge in [-0.05, 0) is 0 Å². The van der Waals surface area contributed by atoms with Crippen molar-refractivity contribution < 1.29 is 63.8 Å². The van der Waals surface area contributed by atoms with E-state index in [4.69, 9.17) is 42.1 Å². The van der Waals surface area contributed by atoms with Crippen molar-refractivity contribution in [2.45, 2.75) is 0 Å². The van der Waals surface area contributed by atoms with Crippen LogP contribution in [-0.2, 0) is 21.7 Å². The Kier molecular flexibility index (Phi) is 11200. The molecule has 0 radical (unpaired) electrons. The Morgan fingerprint density at radius 2 is 0.444 bits per heavy atom. The first kappa shape index (κ1) is 34.3. The Balaban J connectivity index is -0.00000000762. The van der Waals surface area contributed by atoms with Crippen LogP contribution in [0.3, 0.4) is 0 Å². The molecule has 0 rings (SSSR count). The maximum atomic E-state index is 7.25. The minimum absolute atomic E-state index is 0. The second-order valence-electron chi connectivity index (χ2n) is 0. The Morgan fingerprint density at radius 1 is 0.444 bits per heavy atom. The fourth-order valence-electron chi connectivity index (χ4n) is 0. The summed E-state index contributed by atoms with van der Waals surface area (Å²) in [4.78, 5) is 0. The molecule has 0 aliphatic rings. The van der Waals surface area contributed by atoms with Gasteiger partial charge in [-0.25, -0.2) is 0 Å². The first-order valence-electron chi connectivity index (χ1n) is 0.730. The van der Waals surface area contributed by atoms with Gasteiger partial charge in [0.05, 0.1) is 0 Å². The molecular weight excluding hydrogens is 176 g/mol. The fourth-order valence-corrected chi connectivity index (χ4v) is 0. The van der Waals surface area contributed by atoms with Crippen LogP contribution in [0, 0.1) is 0 Å². The smallest absolute Gasteiger partial charge is 0.727 e. The molecule has 0 fully saturated rings. The van der Waals surface area contributed by atoms with Crippen LogP contribution in [0.4, 0.5) is 0 Å². The van der Waals surface area contributed by atoms with Gasteiger partial charge >= 0.3 is 21.7 Å². The van der Waals surface area contributed by atoms with Gasteiger partial charge in [0.2, 0.25) is 0 Å². The SMILES string of the molecule is [O-]O.[O-]O.[O-]O.[O-]O.[Ti+4]. The first-order valence-corrected chi connectivity index (χ1v) is 0.730. The molecule has 0 amide bonds. The topological polar surface area (TPSA) is 173 Å². The van der Waals surface area contributed by atoms with Crippen LogP contribution in [0.25, 0.3) is 0 Å². The van der Waals surface area contributed by atoms with Gasteiger partial charge in [0.15, 0.2) is 0 Å². The van der Waals surface area contributed by atoms with E-state index in [1.807, 2.05) is 0 Å². The van der Waals surface area contributed by atoms with Crippen LogP contribution in [0.15, 0.2) is 0 Å². The van der Waals surface area contributed by atoms with Crippen molar-refractivity contribution in [3.8, 4) is 0 Å². The second-order valence-corrected chi connectivity index (χ2v) is 0. The molecule has 0 saturated carbocycles. The maximum Gasteiger partial charge on any atom is 4.00 e. The summed E-state index contributed by atoms with van der Waals surface area (Å²) in [6, 6.07) is 0. The minimum Gasteiger partial charge on any atom is -0.727 e. The number of hydrogen-bond acceptors (Lipinski definition) is 8. The van der Waals surface area contributed by atoms with Crippen molar-refractivity contribution >= 4 is 0 Å². The van der Waals surface area contributed by atoms with E-state index in [9.17, 15) is 0 Å². The molecule has 0 aromatic carbocycles. The summed E-state index contributed by atoms with van der Waals surface area (Å²) in [5, 5.41) is 52.0. The van der Waals surface area contributed by atoms with Crippen molar-refractivity contribution in [3.05, 3.63) is 0 Å². The number of rotatable bonds is 0. The summed E-state index contributed by atoms with van der Waals surface area (Å²) in [6.07, 6.45) is 0. The molecule has 0 aliphatic heterocycles. The molecule has 0 aliphatic carbocycles. The zero-order valence-electron chi connectivity index (χ0n) is 3.92. The molecular formula is H4O8Ti. The molecule has 56 valence electrons. The Morgan fingerprint density at radius 3 is 0.444 bits per heavy atom. The van der Waals surface area contributed by atoms with E-state index in [0.717, 1.165) is 0 Å². The predicted octanol–water partition coefficient (Wildman–Crippen LogP) is -4.72. The summed E-state index contributed by atoms with van der Waals surface area (Å²) >= 11 is 0. The minimum atomic E-state index is 0. The summed E-state index contributed by atoms with van der Waals surface area (Å²) < 4.78 is 0. The van der Waals surface area contributed by atoms with Crippen LogP contribution < -0.4 is 21.0 Å². The van der Waals surface area contributed by atoms with Gasteiger partial charge in [-0.2, -0.15) is 0 Å². The maximum absolute atomic E-state index is 7.25. The van der Waals surface area contributed by atoms with Crippen molar-refractivity contribution in [3.63, 3.8) is 0 Å². The normalized spacial score (nSPS) is 2.67. The van der Waals surface area contributed by atoms with E-state index >= 15 is 0 Å². The van der Waals surface area contributed by atoms with Gasteiger partial charge in [-0.1, -0.05) is 0 Å². The molecule has 9 heteroatoms. The van der Waals surface area contributed by atoms with E-state index in [1.165, 1.54) is 0 Å². The van der Waals surface area contributed by atoms with Crippen LogP contribution >= 0.6 is 0 Å². The van der Waals surface area contributed by atoms with Gasteiger partial charge in [-0.15, -0.1) is 0 Å². The van der Waals surface area contributed by atoms with Crippen LogP contribution in [0.1, 0.15) is 0 Å². The molecule has 0 unspecified atom stereocenters. The van der Waals surface area contributed by atoms with Gasteiger partial charge in [0.25, 0.3) is 0 Å².